The average Bonchev–Trinajstić information content (AvgIpc) is 2.17. The molecule has 1 aliphatic rings. The van der Waals surface area contributed by atoms with E-state index in [-0.39, 0.29) is 12.1 Å². The average molecular weight is 227 g/mol. The Labute approximate surface area is 98.3 Å². The predicted molar refractivity (Wildman–Crippen MR) is 67.4 cm³/mol. The van der Waals surface area contributed by atoms with Crippen LogP contribution in [0.3, 0.4) is 0 Å². The Morgan fingerprint density at radius 1 is 1.38 bits per heavy atom. The zero-order valence-corrected chi connectivity index (χ0v) is 10.4. The molecule has 0 saturated heterocycles. The van der Waals surface area contributed by atoms with Gasteiger partial charge in [0.05, 0.1) is 12.1 Å². The second-order valence-corrected chi connectivity index (χ2v) is 4.94. The second kappa shape index (κ2) is 6.74. The van der Waals surface area contributed by atoms with E-state index in [0.29, 0.717) is 18.4 Å². The minimum absolute atomic E-state index is 0.173. The SMILES string of the molecule is CC(O)CC(C)NC(N)=NC1CCCCC1. The fourth-order valence-corrected chi connectivity index (χ4v) is 2.27. The maximum Gasteiger partial charge on any atom is 0.189 e. The van der Waals surface area contributed by atoms with Gasteiger partial charge in [0, 0.05) is 6.04 Å². The maximum atomic E-state index is 9.24. The van der Waals surface area contributed by atoms with Crippen LogP contribution in [0.2, 0.25) is 0 Å². The van der Waals surface area contributed by atoms with Crippen molar-refractivity contribution in [3.63, 3.8) is 0 Å². The molecule has 4 N–H and O–H groups in total. The molecule has 0 aromatic heterocycles. The van der Waals surface area contributed by atoms with Gasteiger partial charge in [-0.25, -0.2) is 0 Å². The summed E-state index contributed by atoms with van der Waals surface area (Å²) in [5.74, 6) is 0.528. The zero-order chi connectivity index (χ0) is 12.0. The van der Waals surface area contributed by atoms with Gasteiger partial charge >= 0.3 is 0 Å². The standard InChI is InChI=1S/C12H25N3O/c1-9(8-10(2)16)14-12(13)15-11-6-4-3-5-7-11/h9-11,16H,3-8H2,1-2H3,(H3,13,14,15). The number of rotatable bonds is 4. The molecule has 1 aliphatic carbocycles. The van der Waals surface area contributed by atoms with E-state index in [2.05, 4.69) is 10.3 Å². The van der Waals surface area contributed by atoms with Gasteiger partial charge in [0.1, 0.15) is 0 Å². The number of aliphatic hydroxyl groups excluding tert-OH is 1. The predicted octanol–water partition coefficient (Wildman–Crippen LogP) is 1.38. The molecule has 4 nitrogen and oxygen atoms in total. The highest BCUT2D eigenvalue weighted by atomic mass is 16.3. The molecule has 0 radical (unpaired) electrons. The molecule has 4 heteroatoms. The molecule has 16 heavy (non-hydrogen) atoms. The summed E-state index contributed by atoms with van der Waals surface area (Å²) in [4.78, 5) is 4.48. The monoisotopic (exact) mass is 227 g/mol. The molecular weight excluding hydrogens is 202 g/mol. The molecule has 0 aliphatic heterocycles. The van der Waals surface area contributed by atoms with Crippen molar-refractivity contribution < 1.29 is 5.11 Å². The molecule has 0 amide bonds. The van der Waals surface area contributed by atoms with Crippen LogP contribution in [0.5, 0.6) is 0 Å². The Kier molecular flexibility index (Phi) is 5.60. The molecule has 0 spiro atoms. The number of hydrogen-bond acceptors (Lipinski definition) is 2. The molecular formula is C12H25N3O. The van der Waals surface area contributed by atoms with Gasteiger partial charge in [-0.2, -0.15) is 0 Å². The van der Waals surface area contributed by atoms with Crippen molar-refractivity contribution in [1.82, 2.24) is 5.32 Å². The smallest absolute Gasteiger partial charge is 0.189 e. The number of guanidine groups is 1. The molecule has 2 atom stereocenters. The summed E-state index contributed by atoms with van der Waals surface area (Å²) in [5.41, 5.74) is 5.84. The van der Waals surface area contributed by atoms with Crippen LogP contribution in [-0.4, -0.2) is 29.3 Å². The third kappa shape index (κ3) is 5.35. The van der Waals surface area contributed by atoms with Gasteiger partial charge in [0.15, 0.2) is 5.96 Å². The Hall–Kier alpha value is -0.770. The lowest BCUT2D eigenvalue weighted by Gasteiger charge is -2.20. The minimum Gasteiger partial charge on any atom is -0.393 e. The highest BCUT2D eigenvalue weighted by Crippen LogP contribution is 2.19. The van der Waals surface area contributed by atoms with Crippen LogP contribution in [0, 0.1) is 0 Å². The Morgan fingerprint density at radius 2 is 2.00 bits per heavy atom. The van der Waals surface area contributed by atoms with E-state index >= 15 is 0 Å². The van der Waals surface area contributed by atoms with Crippen LogP contribution < -0.4 is 11.1 Å². The number of aliphatic hydroxyl groups is 1. The van der Waals surface area contributed by atoms with Crippen molar-refractivity contribution in [2.24, 2.45) is 10.7 Å². The van der Waals surface area contributed by atoms with Gasteiger partial charge in [-0.3, -0.25) is 4.99 Å². The molecule has 1 rings (SSSR count). The second-order valence-electron chi connectivity index (χ2n) is 4.94. The van der Waals surface area contributed by atoms with E-state index in [1.165, 1.54) is 19.3 Å². The Morgan fingerprint density at radius 3 is 2.56 bits per heavy atom. The fourth-order valence-electron chi connectivity index (χ4n) is 2.27. The maximum absolute atomic E-state index is 9.24. The first-order valence-corrected chi connectivity index (χ1v) is 6.36. The topological polar surface area (TPSA) is 70.6 Å². The summed E-state index contributed by atoms with van der Waals surface area (Å²) in [6, 6.07) is 0.576. The normalized spacial score (nSPS) is 22.8. The zero-order valence-electron chi connectivity index (χ0n) is 10.4. The molecule has 1 fully saturated rings. The summed E-state index contributed by atoms with van der Waals surface area (Å²) >= 11 is 0. The lowest BCUT2D eigenvalue weighted by atomic mass is 9.96. The van der Waals surface area contributed by atoms with Crippen LogP contribution >= 0.6 is 0 Å². The Balaban J connectivity index is 2.31. The largest absolute Gasteiger partial charge is 0.393 e. The van der Waals surface area contributed by atoms with Crippen molar-refractivity contribution in [2.45, 2.75) is 70.6 Å². The molecule has 2 unspecified atom stereocenters. The van der Waals surface area contributed by atoms with Crippen LogP contribution in [0.1, 0.15) is 52.4 Å². The lowest BCUT2D eigenvalue weighted by molar-refractivity contribution is 0.174. The first-order chi connectivity index (χ1) is 7.58. The molecule has 0 heterocycles. The van der Waals surface area contributed by atoms with Crippen molar-refractivity contribution in [2.75, 3.05) is 0 Å². The van der Waals surface area contributed by atoms with Crippen molar-refractivity contribution in [1.29, 1.82) is 0 Å². The van der Waals surface area contributed by atoms with E-state index in [1.807, 2.05) is 6.92 Å². The van der Waals surface area contributed by atoms with Crippen LogP contribution in [-0.2, 0) is 0 Å². The first kappa shape index (κ1) is 13.3. The van der Waals surface area contributed by atoms with E-state index in [0.717, 1.165) is 12.8 Å². The summed E-state index contributed by atoms with van der Waals surface area (Å²) in [7, 11) is 0. The van der Waals surface area contributed by atoms with Gasteiger partial charge in [0.25, 0.3) is 0 Å². The number of hydrogen-bond donors (Lipinski definition) is 3. The number of aliphatic imine (C=N–C) groups is 1. The highest BCUT2D eigenvalue weighted by Gasteiger charge is 2.13. The third-order valence-corrected chi connectivity index (χ3v) is 2.99. The molecule has 0 bridgehead atoms. The fraction of sp³-hybridized carbons (Fsp3) is 0.917. The van der Waals surface area contributed by atoms with Gasteiger partial charge in [0.2, 0.25) is 0 Å². The van der Waals surface area contributed by atoms with Gasteiger partial charge in [-0.15, -0.1) is 0 Å². The summed E-state index contributed by atoms with van der Waals surface area (Å²) in [6.45, 7) is 3.79. The molecule has 0 aromatic rings. The van der Waals surface area contributed by atoms with E-state index in [9.17, 15) is 5.11 Å². The molecule has 1 saturated carbocycles. The van der Waals surface area contributed by atoms with Gasteiger partial charge in [-0.05, 0) is 33.1 Å². The van der Waals surface area contributed by atoms with E-state index in [1.54, 1.807) is 6.92 Å². The van der Waals surface area contributed by atoms with E-state index < -0.39 is 0 Å². The number of nitrogens with two attached hydrogens (primary N) is 1. The van der Waals surface area contributed by atoms with Crippen LogP contribution in [0.25, 0.3) is 0 Å². The van der Waals surface area contributed by atoms with Crippen molar-refractivity contribution in [3.05, 3.63) is 0 Å². The van der Waals surface area contributed by atoms with Crippen molar-refractivity contribution >= 4 is 5.96 Å². The number of nitrogens with zero attached hydrogens (tertiary/aromatic N) is 1. The summed E-state index contributed by atoms with van der Waals surface area (Å²) < 4.78 is 0. The van der Waals surface area contributed by atoms with Gasteiger partial charge < -0.3 is 16.2 Å². The number of nitrogens with one attached hydrogen (secondary N) is 1. The van der Waals surface area contributed by atoms with Crippen molar-refractivity contribution in [3.8, 4) is 0 Å². The summed E-state index contributed by atoms with van der Waals surface area (Å²) in [6.07, 6.45) is 6.58. The van der Waals surface area contributed by atoms with Crippen LogP contribution in [0.4, 0.5) is 0 Å². The quantitative estimate of drug-likeness (QED) is 0.502. The molecule has 94 valence electrons. The van der Waals surface area contributed by atoms with Gasteiger partial charge in [-0.1, -0.05) is 19.3 Å². The third-order valence-electron chi connectivity index (χ3n) is 2.99. The van der Waals surface area contributed by atoms with E-state index in [4.69, 9.17) is 5.73 Å². The highest BCUT2D eigenvalue weighted by molar-refractivity contribution is 5.78. The Bertz CT molecular complexity index is 222. The molecule has 0 aromatic carbocycles. The minimum atomic E-state index is -0.301. The van der Waals surface area contributed by atoms with Crippen LogP contribution in [0.15, 0.2) is 4.99 Å². The lowest BCUT2D eigenvalue weighted by Crippen LogP contribution is -2.40. The summed E-state index contributed by atoms with van der Waals surface area (Å²) in [5, 5.41) is 12.4. The first-order valence-electron chi connectivity index (χ1n) is 6.36.